The minimum absolute atomic E-state index is 0.0948. The molecular weight excluding hydrogens is 270 g/mol. The number of fused-ring (bicyclic) bond motifs is 1. The van der Waals surface area contributed by atoms with Crippen LogP contribution in [0.5, 0.6) is 0 Å². The third-order valence-electron chi connectivity index (χ3n) is 2.99. The first-order valence-electron chi connectivity index (χ1n) is 5.60. The minimum atomic E-state index is -0.872. The third kappa shape index (κ3) is 2.53. The molecule has 1 atom stereocenters. The zero-order valence-corrected chi connectivity index (χ0v) is 10.9. The Balaban J connectivity index is 2.44. The number of nitrogens with zero attached hydrogens (tertiary/aromatic N) is 1. The smallest absolute Gasteiger partial charge is 0.313 e. The number of anilines is 1. The van der Waals surface area contributed by atoms with Gasteiger partial charge in [0.25, 0.3) is 0 Å². The Labute approximate surface area is 114 Å². The summed E-state index contributed by atoms with van der Waals surface area (Å²) in [7, 11) is 0. The van der Waals surface area contributed by atoms with Crippen molar-refractivity contribution in [3.8, 4) is 0 Å². The van der Waals surface area contributed by atoms with Crippen molar-refractivity contribution in [3.05, 3.63) is 28.8 Å². The van der Waals surface area contributed by atoms with Crippen LogP contribution < -0.4 is 11.1 Å². The van der Waals surface area contributed by atoms with Gasteiger partial charge in [-0.25, -0.2) is 0 Å². The van der Waals surface area contributed by atoms with Gasteiger partial charge < -0.3 is 16.0 Å². The Kier molecular flexibility index (Phi) is 3.44. The van der Waals surface area contributed by atoms with E-state index in [9.17, 15) is 14.4 Å². The van der Waals surface area contributed by atoms with E-state index in [0.717, 1.165) is 4.90 Å². The van der Waals surface area contributed by atoms with E-state index in [4.69, 9.17) is 17.3 Å². The average molecular weight is 282 g/mol. The lowest BCUT2D eigenvalue weighted by molar-refractivity contribution is -0.147. The number of halogens is 1. The highest BCUT2D eigenvalue weighted by Crippen LogP contribution is 2.25. The second kappa shape index (κ2) is 4.89. The van der Waals surface area contributed by atoms with Crippen LogP contribution in [0.3, 0.4) is 0 Å². The lowest BCUT2D eigenvalue weighted by Gasteiger charge is -2.24. The van der Waals surface area contributed by atoms with Crippen LogP contribution in [-0.4, -0.2) is 28.7 Å². The SMILES string of the molecule is C[C@H](C(N)=O)N1Cc2cc(Cl)ccc2NC(=O)C1=O. The molecule has 0 saturated heterocycles. The van der Waals surface area contributed by atoms with Crippen molar-refractivity contribution in [2.24, 2.45) is 5.73 Å². The Morgan fingerprint density at radius 2 is 2.16 bits per heavy atom. The third-order valence-corrected chi connectivity index (χ3v) is 3.23. The van der Waals surface area contributed by atoms with Crippen LogP contribution >= 0.6 is 11.6 Å². The molecule has 0 radical (unpaired) electrons. The number of carbonyl (C=O) groups is 3. The van der Waals surface area contributed by atoms with Gasteiger partial charge in [-0.3, -0.25) is 14.4 Å². The molecule has 1 heterocycles. The molecule has 0 spiro atoms. The summed E-state index contributed by atoms with van der Waals surface area (Å²) in [5.41, 5.74) is 6.34. The van der Waals surface area contributed by atoms with Crippen LogP contribution in [0.25, 0.3) is 0 Å². The van der Waals surface area contributed by atoms with Gasteiger partial charge >= 0.3 is 11.8 Å². The monoisotopic (exact) mass is 281 g/mol. The molecule has 1 aliphatic heterocycles. The molecule has 3 N–H and O–H groups in total. The van der Waals surface area contributed by atoms with Gasteiger partial charge in [-0.2, -0.15) is 0 Å². The molecule has 19 heavy (non-hydrogen) atoms. The summed E-state index contributed by atoms with van der Waals surface area (Å²) in [6, 6.07) is 3.99. The normalized spacial score (nSPS) is 16.4. The fraction of sp³-hybridized carbons (Fsp3) is 0.250. The molecule has 0 aromatic heterocycles. The van der Waals surface area contributed by atoms with Crippen LogP contribution in [0.1, 0.15) is 12.5 Å². The molecule has 2 rings (SSSR count). The van der Waals surface area contributed by atoms with Crippen LogP contribution in [0.2, 0.25) is 5.02 Å². The van der Waals surface area contributed by atoms with Crippen molar-refractivity contribution in [3.63, 3.8) is 0 Å². The number of hydrogen-bond donors (Lipinski definition) is 2. The van der Waals surface area contributed by atoms with Gasteiger partial charge in [0, 0.05) is 17.3 Å². The van der Waals surface area contributed by atoms with E-state index >= 15 is 0 Å². The maximum absolute atomic E-state index is 11.9. The quantitative estimate of drug-likeness (QED) is 0.773. The number of carbonyl (C=O) groups excluding carboxylic acids is 3. The second-order valence-corrected chi connectivity index (χ2v) is 4.70. The van der Waals surface area contributed by atoms with Crippen LogP contribution in [0.15, 0.2) is 18.2 Å². The largest absolute Gasteiger partial charge is 0.368 e. The lowest BCUT2D eigenvalue weighted by atomic mass is 10.1. The first-order chi connectivity index (χ1) is 8.90. The summed E-state index contributed by atoms with van der Waals surface area (Å²) >= 11 is 5.88. The van der Waals surface area contributed by atoms with E-state index in [0.29, 0.717) is 16.3 Å². The highest BCUT2D eigenvalue weighted by molar-refractivity contribution is 6.40. The van der Waals surface area contributed by atoms with Crippen LogP contribution in [0.4, 0.5) is 5.69 Å². The highest BCUT2D eigenvalue weighted by Gasteiger charge is 2.32. The van der Waals surface area contributed by atoms with E-state index in [2.05, 4.69) is 5.32 Å². The molecule has 7 heteroatoms. The van der Waals surface area contributed by atoms with Crippen molar-refractivity contribution in [1.29, 1.82) is 0 Å². The summed E-state index contributed by atoms with van der Waals surface area (Å²) in [5.74, 6) is -2.26. The van der Waals surface area contributed by atoms with Gasteiger partial charge in [0.05, 0.1) is 0 Å². The van der Waals surface area contributed by atoms with E-state index < -0.39 is 23.8 Å². The predicted octanol–water partition coefficient (Wildman–Crippen LogP) is 0.494. The molecule has 1 aliphatic rings. The number of primary amides is 1. The zero-order chi connectivity index (χ0) is 14.2. The van der Waals surface area contributed by atoms with E-state index in [1.54, 1.807) is 18.2 Å². The Hall–Kier alpha value is -2.08. The molecule has 1 aromatic rings. The van der Waals surface area contributed by atoms with Gasteiger partial charge in [0.15, 0.2) is 0 Å². The molecule has 0 saturated carbocycles. The highest BCUT2D eigenvalue weighted by atomic mass is 35.5. The maximum atomic E-state index is 11.9. The molecule has 1 aromatic carbocycles. The molecule has 6 nitrogen and oxygen atoms in total. The van der Waals surface area contributed by atoms with E-state index in [1.165, 1.54) is 6.92 Å². The van der Waals surface area contributed by atoms with Crippen molar-refractivity contribution < 1.29 is 14.4 Å². The Bertz CT molecular complexity index is 573. The van der Waals surface area contributed by atoms with Gasteiger partial charge in [-0.15, -0.1) is 0 Å². The van der Waals surface area contributed by atoms with Gasteiger partial charge in [0.2, 0.25) is 5.91 Å². The van der Waals surface area contributed by atoms with E-state index in [1.807, 2.05) is 0 Å². The number of amides is 3. The van der Waals surface area contributed by atoms with Crippen LogP contribution in [0, 0.1) is 0 Å². The standard InChI is InChI=1S/C12H12ClN3O3/c1-6(10(14)17)16-5-7-4-8(13)2-3-9(7)15-11(18)12(16)19/h2-4,6H,5H2,1H3,(H2,14,17)(H,15,18)/t6-/m1/s1. The number of nitrogens with two attached hydrogens (primary N) is 1. The molecule has 3 amide bonds. The van der Waals surface area contributed by atoms with Crippen molar-refractivity contribution in [2.45, 2.75) is 19.5 Å². The molecule has 0 fully saturated rings. The van der Waals surface area contributed by atoms with Gasteiger partial charge in [-0.1, -0.05) is 11.6 Å². The van der Waals surface area contributed by atoms with Crippen molar-refractivity contribution >= 4 is 35.0 Å². The molecule has 0 aliphatic carbocycles. The van der Waals surface area contributed by atoms with Crippen molar-refractivity contribution in [1.82, 2.24) is 4.90 Å². The topological polar surface area (TPSA) is 92.5 Å². The number of hydrogen-bond acceptors (Lipinski definition) is 3. The first-order valence-corrected chi connectivity index (χ1v) is 5.97. The van der Waals surface area contributed by atoms with Gasteiger partial charge in [0.1, 0.15) is 6.04 Å². The summed E-state index contributed by atoms with van der Waals surface area (Å²) in [4.78, 5) is 36.0. The van der Waals surface area contributed by atoms with Crippen LogP contribution in [-0.2, 0) is 20.9 Å². The maximum Gasteiger partial charge on any atom is 0.313 e. The average Bonchev–Trinajstić information content (AvgIpc) is 2.47. The zero-order valence-electron chi connectivity index (χ0n) is 10.1. The summed E-state index contributed by atoms with van der Waals surface area (Å²) in [6.45, 7) is 1.57. The summed E-state index contributed by atoms with van der Waals surface area (Å²) < 4.78 is 0. The lowest BCUT2D eigenvalue weighted by Crippen LogP contribution is -2.48. The second-order valence-electron chi connectivity index (χ2n) is 4.27. The summed E-state index contributed by atoms with van der Waals surface area (Å²) in [6.07, 6.45) is 0. The fourth-order valence-corrected chi connectivity index (χ4v) is 2.04. The predicted molar refractivity (Wildman–Crippen MR) is 69.3 cm³/mol. The molecular formula is C12H12ClN3O3. The fourth-order valence-electron chi connectivity index (χ4n) is 1.84. The Morgan fingerprint density at radius 3 is 2.79 bits per heavy atom. The van der Waals surface area contributed by atoms with Gasteiger partial charge in [-0.05, 0) is 30.7 Å². The molecule has 100 valence electrons. The Morgan fingerprint density at radius 1 is 1.47 bits per heavy atom. The molecule has 0 bridgehead atoms. The number of benzene rings is 1. The minimum Gasteiger partial charge on any atom is -0.368 e. The first kappa shape index (κ1) is 13.4. The molecule has 0 unspecified atom stereocenters. The number of rotatable bonds is 2. The summed E-state index contributed by atoms with van der Waals surface area (Å²) in [5, 5.41) is 2.96. The van der Waals surface area contributed by atoms with Crippen molar-refractivity contribution in [2.75, 3.05) is 5.32 Å². The van der Waals surface area contributed by atoms with E-state index in [-0.39, 0.29) is 6.54 Å². The number of nitrogens with one attached hydrogen (secondary N) is 1.